The van der Waals surface area contributed by atoms with Crippen LogP contribution in [0.2, 0.25) is 0 Å². The third-order valence-corrected chi connectivity index (χ3v) is 15.5. The third-order valence-electron chi connectivity index (χ3n) is 15.5. The van der Waals surface area contributed by atoms with Crippen molar-refractivity contribution in [1.82, 2.24) is 0 Å². The van der Waals surface area contributed by atoms with Gasteiger partial charge in [-0.05, 0) is 84.9 Å². The summed E-state index contributed by atoms with van der Waals surface area (Å²) in [5, 5.41) is 11.9. The molecule has 0 saturated carbocycles. The molecule has 0 unspecified atom stereocenters. The Kier molecular flexibility index (Phi) is 24.2. The van der Waals surface area contributed by atoms with Crippen LogP contribution in [0.3, 0.4) is 0 Å². The van der Waals surface area contributed by atoms with Crippen molar-refractivity contribution in [3.8, 4) is 0 Å². The number of hydrogen-bond donors (Lipinski definition) is 1. The van der Waals surface area contributed by atoms with Gasteiger partial charge in [0.2, 0.25) is 0 Å². The molecule has 10 rings (SSSR count). The maximum Gasteiger partial charge on any atom is 0.338 e. The van der Waals surface area contributed by atoms with E-state index in [0.717, 1.165) is 20.8 Å². The largest absolute Gasteiger partial charge is 0.459 e. The molecule has 3 aliphatic heterocycles. The number of carbonyl (C=O) groups is 10. The van der Waals surface area contributed by atoms with Crippen molar-refractivity contribution in [2.45, 2.75) is 113 Å². The molecule has 0 aliphatic carbocycles. The zero-order valence-corrected chi connectivity index (χ0v) is 53.1. The Labute approximate surface area is 565 Å². The molecule has 7 aromatic carbocycles. The topological polar surface area (TPSA) is 329 Å². The van der Waals surface area contributed by atoms with Crippen molar-refractivity contribution in [2.75, 3.05) is 19.8 Å². The van der Waals surface area contributed by atoms with Gasteiger partial charge in [-0.3, -0.25) is 14.4 Å². The summed E-state index contributed by atoms with van der Waals surface area (Å²) in [6.45, 7) is 0.361. The van der Waals surface area contributed by atoms with Gasteiger partial charge in [0, 0.05) is 20.8 Å². The lowest BCUT2D eigenvalue weighted by molar-refractivity contribution is -0.340. The fraction of sp³-hybridized carbons (Fsp3) is 0.288. The molecule has 26 heteroatoms. The Morgan fingerprint density at radius 3 is 0.828 bits per heavy atom. The average molecular weight is 1360 g/mol. The van der Waals surface area contributed by atoms with Crippen LogP contribution in [0.15, 0.2) is 212 Å². The van der Waals surface area contributed by atoms with Gasteiger partial charge in [-0.25, -0.2) is 33.6 Å². The molecule has 0 amide bonds. The minimum Gasteiger partial charge on any atom is -0.459 e. The normalized spacial score (nSPS) is 24.7. The van der Waals surface area contributed by atoms with Crippen LogP contribution >= 0.6 is 0 Å². The molecular weight excluding hydrogens is 1290 g/mol. The Balaban J connectivity index is 1.03. The lowest BCUT2D eigenvalue weighted by Crippen LogP contribution is -2.65. The molecule has 3 fully saturated rings. The van der Waals surface area contributed by atoms with Crippen LogP contribution in [-0.4, -0.2) is 177 Å². The molecule has 0 radical (unpaired) electrons. The smallest absolute Gasteiger partial charge is 0.338 e. The Bertz CT molecular complexity index is 3900. The summed E-state index contributed by atoms with van der Waals surface area (Å²) in [5.41, 5.74) is -0.00188. The second kappa shape index (κ2) is 33.8. The van der Waals surface area contributed by atoms with Gasteiger partial charge >= 0.3 is 59.7 Å². The number of hydrogen-bond acceptors (Lipinski definition) is 26. The summed E-state index contributed by atoms with van der Waals surface area (Å²) in [6, 6.07) is 53.0. The van der Waals surface area contributed by atoms with E-state index in [4.69, 9.17) is 71.1 Å². The fourth-order valence-corrected chi connectivity index (χ4v) is 10.9. The first-order valence-corrected chi connectivity index (χ1v) is 31.1. The van der Waals surface area contributed by atoms with Gasteiger partial charge in [-0.1, -0.05) is 127 Å². The van der Waals surface area contributed by atoms with E-state index in [1.165, 1.54) is 121 Å². The summed E-state index contributed by atoms with van der Waals surface area (Å²) in [4.78, 5) is 139. The van der Waals surface area contributed by atoms with E-state index in [2.05, 4.69) is 0 Å². The van der Waals surface area contributed by atoms with E-state index >= 15 is 0 Å². The van der Waals surface area contributed by atoms with Gasteiger partial charge in [-0.2, -0.15) is 0 Å². The van der Waals surface area contributed by atoms with Gasteiger partial charge in [0.15, 0.2) is 73.8 Å². The van der Waals surface area contributed by atoms with Crippen molar-refractivity contribution in [3.63, 3.8) is 0 Å². The summed E-state index contributed by atoms with van der Waals surface area (Å²) in [7, 11) is 0. The molecule has 3 aliphatic rings. The van der Waals surface area contributed by atoms with Crippen LogP contribution in [0.5, 0.6) is 0 Å². The Morgan fingerprint density at radius 2 is 0.495 bits per heavy atom. The first-order valence-electron chi connectivity index (χ1n) is 31.1. The number of benzene rings is 7. The minimum atomic E-state index is -2.20. The number of rotatable bonds is 24. The van der Waals surface area contributed by atoms with Crippen molar-refractivity contribution < 1.29 is 124 Å². The molecule has 0 spiro atoms. The molecule has 514 valence electrons. The molecule has 15 atom stereocenters. The van der Waals surface area contributed by atoms with E-state index in [-0.39, 0.29) is 38.9 Å². The average Bonchev–Trinajstić information content (AvgIpc) is 0.789. The molecule has 0 bridgehead atoms. The number of carbonyl (C=O) groups excluding carboxylic acids is 10. The molecule has 1 N–H and O–H groups in total. The predicted molar refractivity (Wildman–Crippen MR) is 337 cm³/mol. The first kappa shape index (κ1) is 70.8. The highest BCUT2D eigenvalue weighted by Crippen LogP contribution is 2.37. The maximum atomic E-state index is 14.5. The van der Waals surface area contributed by atoms with Crippen LogP contribution in [0, 0.1) is 0 Å². The summed E-state index contributed by atoms with van der Waals surface area (Å²) in [5.74, 6) is -10.1. The number of ether oxygens (including phenoxy) is 15. The molecule has 0 aromatic heterocycles. The quantitative estimate of drug-likeness (QED) is 0.0462. The van der Waals surface area contributed by atoms with Gasteiger partial charge < -0.3 is 76.2 Å². The summed E-state index contributed by atoms with van der Waals surface area (Å²) in [6.07, 6.45) is -28.6. The molecule has 3 saturated heterocycles. The molecular formula is C73H66O26. The molecule has 7 aromatic rings. The zero-order chi connectivity index (χ0) is 70.0. The van der Waals surface area contributed by atoms with Crippen molar-refractivity contribution in [3.05, 3.63) is 251 Å². The van der Waals surface area contributed by atoms with E-state index < -0.39 is 172 Å². The maximum absolute atomic E-state index is 14.5. The highest BCUT2D eigenvalue weighted by molar-refractivity contribution is 5.93. The van der Waals surface area contributed by atoms with Gasteiger partial charge in [0.25, 0.3) is 0 Å². The van der Waals surface area contributed by atoms with Crippen LogP contribution in [-0.2, 0) is 85.4 Å². The van der Waals surface area contributed by atoms with E-state index in [9.17, 15) is 53.1 Å². The van der Waals surface area contributed by atoms with E-state index in [1.807, 2.05) is 0 Å². The van der Waals surface area contributed by atoms with Crippen LogP contribution in [0.1, 0.15) is 93.3 Å². The number of esters is 10. The number of aliphatic hydroxyl groups excluding tert-OH is 1. The van der Waals surface area contributed by atoms with Crippen LogP contribution in [0.4, 0.5) is 0 Å². The van der Waals surface area contributed by atoms with Crippen molar-refractivity contribution >= 4 is 59.7 Å². The first-order chi connectivity index (χ1) is 47.9. The predicted octanol–water partition coefficient (Wildman–Crippen LogP) is 7.19. The second-order valence-corrected chi connectivity index (χ2v) is 22.4. The van der Waals surface area contributed by atoms with Crippen molar-refractivity contribution in [2.24, 2.45) is 0 Å². The van der Waals surface area contributed by atoms with Gasteiger partial charge in [-0.15, -0.1) is 0 Å². The Hall–Kier alpha value is -11.0. The van der Waals surface area contributed by atoms with Gasteiger partial charge in [0.1, 0.15) is 24.9 Å². The summed E-state index contributed by atoms with van der Waals surface area (Å²) < 4.78 is 91.9. The molecule has 99 heavy (non-hydrogen) atoms. The lowest BCUT2D eigenvalue weighted by atomic mass is 9.96. The van der Waals surface area contributed by atoms with Crippen LogP contribution in [0.25, 0.3) is 0 Å². The van der Waals surface area contributed by atoms with Crippen molar-refractivity contribution in [1.29, 1.82) is 0 Å². The van der Waals surface area contributed by atoms with Gasteiger partial charge in [0.05, 0.1) is 52.2 Å². The van der Waals surface area contributed by atoms with E-state index in [1.54, 1.807) is 91.0 Å². The Morgan fingerprint density at radius 1 is 0.273 bits per heavy atom. The second-order valence-electron chi connectivity index (χ2n) is 22.4. The highest BCUT2D eigenvalue weighted by Gasteiger charge is 2.58. The lowest BCUT2D eigenvalue weighted by Gasteiger charge is -2.47. The zero-order valence-electron chi connectivity index (χ0n) is 53.1. The summed E-state index contributed by atoms with van der Waals surface area (Å²) >= 11 is 0. The fourth-order valence-electron chi connectivity index (χ4n) is 10.9. The monoisotopic (exact) mass is 1360 g/mol. The third kappa shape index (κ3) is 18.6. The standard InChI is InChI=1S/C73H66O26/c1-42(74)88-55-54(41-87-73-63(99-70(83)51-37-23-10-24-38-51)60(97-68(81)49-33-19-8-20-34-49)57(95-66(79)47-29-15-6-16-30-47)53(92-73)39-85-64(77)45-25-11-4-12-26-45)93-72(62(90-44(3)76)59(55)89-43(2)75)86-40-52-56(94-65(78)46-27-13-5-14-28-46)58(96-67(80)48-31-17-7-18-32-48)61(71(84)91-52)98-69(82)50-35-21-9-22-36-50/h4-38,52-63,71-73,84H,39-41H2,1-3H3/t52-,53-,54-,55+,56+,57+,58+,59+,60+,61-,62-,63-,71-,72-,73-/m1/s1. The molecule has 3 heterocycles. The SMILES string of the molecule is CC(=O)O[C@H]1[C@@H](OC(C)=O)[C@@H](CO[C@@H]2O[C@H](COC(=O)c3ccccc3)[C@H](OC(=O)c3ccccc3)[C@H](OC(=O)c3ccccc3)[C@H]2OC(=O)c2ccccc2)O[C@@H](OC[C@H]2O[C@@H](O)[C@H](OC(=O)c3ccccc3)[C@@H](OC(=O)c3ccccc3)[C@H]2OC(=O)c2ccccc2)[C@@H]1OC(C)=O. The molecule has 26 nitrogen and oxygen atoms in total. The van der Waals surface area contributed by atoms with E-state index in [0.29, 0.717) is 0 Å². The van der Waals surface area contributed by atoms with Crippen LogP contribution < -0.4 is 0 Å². The highest BCUT2D eigenvalue weighted by atomic mass is 16.8. The minimum absolute atomic E-state index is 0.00258. The number of aliphatic hydroxyl groups is 1.